The van der Waals surface area contributed by atoms with Crippen LogP contribution in [0, 0.1) is 0 Å². The van der Waals surface area contributed by atoms with Gasteiger partial charge in [-0.05, 0) is 31.0 Å². The summed E-state index contributed by atoms with van der Waals surface area (Å²) < 4.78 is 0. The van der Waals surface area contributed by atoms with E-state index in [2.05, 4.69) is 25.6 Å². The standard InChI is InChI=1S/C17H21N5O/c23-16(20-12-14-8-4-5-10-18-14)15-9-11-19-17(22-15)21-13-6-2-1-3-7-13/h4-5,8-11,13H,1-3,6-7,12H2,(H,20,23)(H,19,21,22). The number of anilines is 1. The molecule has 0 spiro atoms. The highest BCUT2D eigenvalue weighted by Crippen LogP contribution is 2.20. The molecule has 6 heteroatoms. The summed E-state index contributed by atoms with van der Waals surface area (Å²) >= 11 is 0. The molecule has 3 rings (SSSR count). The lowest BCUT2D eigenvalue weighted by atomic mass is 9.96. The van der Waals surface area contributed by atoms with Crippen LogP contribution < -0.4 is 10.6 Å². The van der Waals surface area contributed by atoms with Crippen LogP contribution in [-0.2, 0) is 6.54 Å². The van der Waals surface area contributed by atoms with Crippen molar-refractivity contribution in [2.24, 2.45) is 0 Å². The van der Waals surface area contributed by atoms with Crippen molar-refractivity contribution in [3.05, 3.63) is 48.0 Å². The Morgan fingerprint density at radius 3 is 2.74 bits per heavy atom. The number of aromatic nitrogens is 3. The largest absolute Gasteiger partial charge is 0.351 e. The number of nitrogens with zero attached hydrogens (tertiary/aromatic N) is 3. The van der Waals surface area contributed by atoms with Gasteiger partial charge in [0.05, 0.1) is 12.2 Å². The predicted molar refractivity (Wildman–Crippen MR) is 87.9 cm³/mol. The zero-order chi connectivity index (χ0) is 15.9. The lowest BCUT2D eigenvalue weighted by Gasteiger charge is -2.22. The van der Waals surface area contributed by atoms with E-state index in [1.807, 2.05) is 18.2 Å². The Morgan fingerprint density at radius 2 is 1.96 bits per heavy atom. The molecule has 2 N–H and O–H groups in total. The van der Waals surface area contributed by atoms with Crippen molar-refractivity contribution >= 4 is 11.9 Å². The van der Waals surface area contributed by atoms with Crippen LogP contribution in [0.4, 0.5) is 5.95 Å². The molecule has 0 saturated heterocycles. The average molecular weight is 311 g/mol. The maximum atomic E-state index is 12.2. The Hall–Kier alpha value is -2.50. The second-order valence-corrected chi connectivity index (χ2v) is 5.75. The van der Waals surface area contributed by atoms with Crippen LogP contribution in [0.15, 0.2) is 36.7 Å². The molecule has 120 valence electrons. The number of carbonyl (C=O) groups excluding carboxylic acids is 1. The van der Waals surface area contributed by atoms with Crippen LogP contribution in [-0.4, -0.2) is 26.9 Å². The van der Waals surface area contributed by atoms with Crippen LogP contribution in [0.25, 0.3) is 0 Å². The average Bonchev–Trinajstić information content (AvgIpc) is 2.62. The molecule has 2 aromatic rings. The monoisotopic (exact) mass is 311 g/mol. The zero-order valence-electron chi connectivity index (χ0n) is 13.0. The molecular formula is C17H21N5O. The minimum atomic E-state index is -0.218. The Kier molecular flexibility index (Phi) is 5.13. The van der Waals surface area contributed by atoms with Gasteiger partial charge < -0.3 is 10.6 Å². The van der Waals surface area contributed by atoms with Gasteiger partial charge in [-0.1, -0.05) is 25.3 Å². The van der Waals surface area contributed by atoms with E-state index >= 15 is 0 Å². The van der Waals surface area contributed by atoms with E-state index in [1.165, 1.54) is 19.3 Å². The van der Waals surface area contributed by atoms with E-state index in [1.54, 1.807) is 18.5 Å². The molecule has 6 nitrogen and oxygen atoms in total. The lowest BCUT2D eigenvalue weighted by Crippen LogP contribution is -2.26. The van der Waals surface area contributed by atoms with E-state index in [9.17, 15) is 4.79 Å². The topological polar surface area (TPSA) is 79.8 Å². The Morgan fingerprint density at radius 1 is 1.09 bits per heavy atom. The molecule has 2 heterocycles. The van der Waals surface area contributed by atoms with Gasteiger partial charge >= 0.3 is 0 Å². The fraction of sp³-hybridized carbons (Fsp3) is 0.412. The van der Waals surface area contributed by atoms with Gasteiger partial charge in [-0.15, -0.1) is 0 Å². The van der Waals surface area contributed by atoms with Crippen LogP contribution in [0.3, 0.4) is 0 Å². The highest BCUT2D eigenvalue weighted by molar-refractivity contribution is 5.92. The van der Waals surface area contributed by atoms with E-state index < -0.39 is 0 Å². The van der Waals surface area contributed by atoms with Crippen molar-refractivity contribution in [3.8, 4) is 0 Å². The number of amides is 1. The number of nitrogens with one attached hydrogen (secondary N) is 2. The number of hydrogen-bond donors (Lipinski definition) is 2. The molecule has 0 radical (unpaired) electrons. The van der Waals surface area contributed by atoms with Crippen LogP contribution in [0.1, 0.15) is 48.3 Å². The van der Waals surface area contributed by atoms with Crippen molar-refractivity contribution < 1.29 is 4.79 Å². The molecule has 1 fully saturated rings. The van der Waals surface area contributed by atoms with E-state index in [0.717, 1.165) is 18.5 Å². The molecule has 0 unspecified atom stereocenters. The number of carbonyl (C=O) groups is 1. The molecule has 1 amide bonds. The minimum Gasteiger partial charge on any atom is -0.351 e. The lowest BCUT2D eigenvalue weighted by molar-refractivity contribution is 0.0945. The molecule has 0 atom stereocenters. The Balaban J connectivity index is 1.58. The first-order chi connectivity index (χ1) is 11.3. The van der Waals surface area contributed by atoms with Crippen molar-refractivity contribution in [2.45, 2.75) is 44.7 Å². The van der Waals surface area contributed by atoms with Gasteiger partial charge in [-0.2, -0.15) is 0 Å². The predicted octanol–water partition coefficient (Wildman–Crippen LogP) is 2.55. The summed E-state index contributed by atoms with van der Waals surface area (Å²) in [5.74, 6) is 0.312. The summed E-state index contributed by atoms with van der Waals surface area (Å²) in [7, 11) is 0. The molecule has 23 heavy (non-hydrogen) atoms. The second kappa shape index (κ2) is 7.67. The van der Waals surface area contributed by atoms with Crippen LogP contribution in [0.5, 0.6) is 0 Å². The summed E-state index contributed by atoms with van der Waals surface area (Å²) in [6, 6.07) is 7.65. The Labute approximate surface area is 135 Å². The molecular weight excluding hydrogens is 290 g/mol. The maximum Gasteiger partial charge on any atom is 0.270 e. The molecule has 1 aliphatic rings. The third-order valence-electron chi connectivity index (χ3n) is 3.98. The van der Waals surface area contributed by atoms with Gasteiger partial charge in [-0.25, -0.2) is 9.97 Å². The normalized spacial score (nSPS) is 15.1. The van der Waals surface area contributed by atoms with E-state index in [0.29, 0.717) is 24.2 Å². The summed E-state index contributed by atoms with van der Waals surface area (Å²) in [4.78, 5) is 24.9. The zero-order valence-corrected chi connectivity index (χ0v) is 13.0. The number of rotatable bonds is 5. The number of hydrogen-bond acceptors (Lipinski definition) is 5. The van der Waals surface area contributed by atoms with Crippen molar-refractivity contribution in [2.75, 3.05) is 5.32 Å². The minimum absolute atomic E-state index is 0.218. The maximum absolute atomic E-state index is 12.2. The summed E-state index contributed by atoms with van der Waals surface area (Å²) in [5, 5.41) is 6.16. The van der Waals surface area contributed by atoms with Gasteiger partial charge in [0.15, 0.2) is 0 Å². The van der Waals surface area contributed by atoms with E-state index in [-0.39, 0.29) is 5.91 Å². The quantitative estimate of drug-likeness (QED) is 0.887. The first-order valence-electron chi connectivity index (χ1n) is 8.09. The van der Waals surface area contributed by atoms with E-state index in [4.69, 9.17) is 0 Å². The molecule has 0 bridgehead atoms. The molecule has 0 aromatic carbocycles. The molecule has 0 aliphatic heterocycles. The molecule has 2 aromatic heterocycles. The first-order valence-corrected chi connectivity index (χ1v) is 8.09. The summed E-state index contributed by atoms with van der Waals surface area (Å²) in [6.45, 7) is 0.384. The first kappa shape index (κ1) is 15.4. The van der Waals surface area contributed by atoms with Gasteiger partial charge in [0.1, 0.15) is 5.69 Å². The van der Waals surface area contributed by atoms with Gasteiger partial charge in [0, 0.05) is 18.4 Å². The van der Waals surface area contributed by atoms with Gasteiger partial charge in [0.25, 0.3) is 5.91 Å². The van der Waals surface area contributed by atoms with Crippen molar-refractivity contribution in [3.63, 3.8) is 0 Å². The fourth-order valence-corrected chi connectivity index (χ4v) is 2.75. The third-order valence-corrected chi connectivity index (χ3v) is 3.98. The smallest absolute Gasteiger partial charge is 0.270 e. The van der Waals surface area contributed by atoms with Crippen LogP contribution in [0.2, 0.25) is 0 Å². The molecule has 1 saturated carbocycles. The Bertz CT molecular complexity index is 640. The fourth-order valence-electron chi connectivity index (χ4n) is 2.75. The molecule has 1 aliphatic carbocycles. The van der Waals surface area contributed by atoms with Gasteiger partial charge in [-0.3, -0.25) is 9.78 Å². The summed E-state index contributed by atoms with van der Waals surface area (Å²) in [5.41, 5.74) is 1.18. The highest BCUT2D eigenvalue weighted by Gasteiger charge is 2.15. The number of pyridine rings is 1. The van der Waals surface area contributed by atoms with Crippen molar-refractivity contribution in [1.82, 2.24) is 20.3 Å². The van der Waals surface area contributed by atoms with Crippen LogP contribution >= 0.6 is 0 Å². The van der Waals surface area contributed by atoms with Crippen molar-refractivity contribution in [1.29, 1.82) is 0 Å². The highest BCUT2D eigenvalue weighted by atomic mass is 16.1. The van der Waals surface area contributed by atoms with Gasteiger partial charge in [0.2, 0.25) is 5.95 Å². The third kappa shape index (κ3) is 4.48. The second-order valence-electron chi connectivity index (χ2n) is 5.75. The summed E-state index contributed by atoms with van der Waals surface area (Å²) in [6.07, 6.45) is 9.38. The SMILES string of the molecule is O=C(NCc1ccccn1)c1ccnc(NC2CCCCC2)n1.